The highest BCUT2D eigenvalue weighted by Gasteiger charge is 2.35. The summed E-state index contributed by atoms with van der Waals surface area (Å²) in [5, 5.41) is 1.93. The molecule has 0 aliphatic carbocycles. The van der Waals surface area contributed by atoms with Crippen LogP contribution in [0.4, 0.5) is 13.2 Å². The largest absolute Gasteiger partial charge is 0.426 e. The number of alkyl halides is 3. The van der Waals surface area contributed by atoms with Crippen LogP contribution in [0.25, 0.3) is 22.0 Å². The molecule has 0 aliphatic rings. The molecule has 0 spiro atoms. The molecular weight excluding hydrogens is 301 g/mol. The number of halogens is 3. The van der Waals surface area contributed by atoms with E-state index in [2.05, 4.69) is 4.98 Å². The summed E-state index contributed by atoms with van der Waals surface area (Å²) in [5.74, 6) is -0.620. The Balaban J connectivity index is 2.24. The third-order valence-corrected chi connectivity index (χ3v) is 4.14. The molecule has 3 N–H and O–H groups in total. The van der Waals surface area contributed by atoms with E-state index in [1.165, 1.54) is 29.8 Å². The molecule has 3 aromatic rings. The fourth-order valence-electron chi connectivity index (χ4n) is 2.24. The van der Waals surface area contributed by atoms with Gasteiger partial charge in [0.1, 0.15) is 4.88 Å². The molecule has 0 aliphatic heterocycles. The predicted molar refractivity (Wildman–Crippen MR) is 75.1 cm³/mol. The van der Waals surface area contributed by atoms with Gasteiger partial charge in [0.2, 0.25) is 5.91 Å². The van der Waals surface area contributed by atoms with Gasteiger partial charge in [-0.2, -0.15) is 13.2 Å². The van der Waals surface area contributed by atoms with Crippen molar-refractivity contribution in [3.8, 4) is 11.1 Å². The van der Waals surface area contributed by atoms with Crippen molar-refractivity contribution < 1.29 is 18.0 Å². The molecule has 0 radical (unpaired) electrons. The van der Waals surface area contributed by atoms with E-state index < -0.39 is 17.0 Å². The Morgan fingerprint density at radius 3 is 2.62 bits per heavy atom. The molecular formula is C14H9F3N2OS. The SMILES string of the molecule is NC(=O)c1ccc2[nH]cc(-c3ccsc3C(F)(F)F)c2c1. The number of nitrogens with two attached hydrogens (primary N) is 1. The van der Waals surface area contributed by atoms with Crippen molar-refractivity contribution in [1.82, 2.24) is 4.98 Å². The monoisotopic (exact) mass is 310 g/mol. The maximum Gasteiger partial charge on any atom is 0.426 e. The molecule has 0 bridgehead atoms. The van der Waals surface area contributed by atoms with E-state index in [0.29, 0.717) is 27.8 Å². The zero-order valence-corrected chi connectivity index (χ0v) is 11.3. The van der Waals surface area contributed by atoms with Gasteiger partial charge in [0, 0.05) is 33.8 Å². The summed E-state index contributed by atoms with van der Waals surface area (Å²) in [5.41, 5.74) is 6.62. The fraction of sp³-hybridized carbons (Fsp3) is 0.0714. The molecule has 0 fully saturated rings. The van der Waals surface area contributed by atoms with Crippen molar-refractivity contribution in [2.75, 3.05) is 0 Å². The number of primary amides is 1. The van der Waals surface area contributed by atoms with Crippen LogP contribution in [0.1, 0.15) is 15.2 Å². The standard InChI is InChI=1S/C14H9F3N2OS/c15-14(16,17)12-8(3-4-21-12)10-6-19-11-2-1-7(13(18)20)5-9(10)11/h1-6,19H,(H2,18,20). The highest BCUT2D eigenvalue weighted by Crippen LogP contribution is 2.42. The van der Waals surface area contributed by atoms with Crippen molar-refractivity contribution in [3.05, 3.63) is 46.3 Å². The van der Waals surface area contributed by atoms with Gasteiger partial charge in [-0.1, -0.05) is 0 Å². The molecule has 21 heavy (non-hydrogen) atoms. The van der Waals surface area contributed by atoms with Crippen LogP contribution in [-0.4, -0.2) is 10.9 Å². The summed E-state index contributed by atoms with van der Waals surface area (Å²) in [6, 6.07) is 6.08. The normalized spacial score (nSPS) is 12.0. The second kappa shape index (κ2) is 4.63. The Hall–Kier alpha value is -2.28. The number of rotatable bonds is 2. The number of thiophene rings is 1. The Bertz CT molecular complexity index is 832. The molecule has 2 aromatic heterocycles. The minimum atomic E-state index is -4.41. The van der Waals surface area contributed by atoms with Crippen LogP contribution in [0.5, 0.6) is 0 Å². The van der Waals surface area contributed by atoms with Crippen LogP contribution < -0.4 is 5.73 Å². The molecule has 7 heteroatoms. The van der Waals surface area contributed by atoms with Crippen LogP contribution >= 0.6 is 11.3 Å². The summed E-state index contributed by atoms with van der Waals surface area (Å²) < 4.78 is 39.0. The maximum absolute atomic E-state index is 13.0. The molecule has 3 rings (SSSR count). The van der Waals surface area contributed by atoms with Crippen molar-refractivity contribution in [2.45, 2.75) is 6.18 Å². The molecule has 3 nitrogen and oxygen atoms in total. The number of aromatic nitrogens is 1. The maximum atomic E-state index is 13.0. The summed E-state index contributed by atoms with van der Waals surface area (Å²) in [6.07, 6.45) is -2.90. The van der Waals surface area contributed by atoms with Gasteiger partial charge in [-0.25, -0.2) is 0 Å². The smallest absolute Gasteiger partial charge is 0.366 e. The van der Waals surface area contributed by atoms with Gasteiger partial charge in [-0.3, -0.25) is 4.79 Å². The second-order valence-corrected chi connectivity index (χ2v) is 5.40. The number of hydrogen-bond donors (Lipinski definition) is 2. The van der Waals surface area contributed by atoms with Crippen LogP contribution in [-0.2, 0) is 6.18 Å². The average molecular weight is 310 g/mol. The molecule has 108 valence electrons. The molecule has 0 atom stereocenters. The molecule has 0 unspecified atom stereocenters. The van der Waals surface area contributed by atoms with E-state index in [-0.39, 0.29) is 11.1 Å². The number of amides is 1. The van der Waals surface area contributed by atoms with Crippen molar-refractivity contribution in [3.63, 3.8) is 0 Å². The first-order chi connectivity index (χ1) is 9.88. The first-order valence-electron chi connectivity index (χ1n) is 5.94. The molecule has 1 aromatic carbocycles. The van der Waals surface area contributed by atoms with Crippen LogP contribution in [0.3, 0.4) is 0 Å². The number of fused-ring (bicyclic) bond motifs is 1. The lowest BCUT2D eigenvalue weighted by Crippen LogP contribution is -2.10. The lowest BCUT2D eigenvalue weighted by atomic mass is 10.0. The van der Waals surface area contributed by atoms with E-state index in [4.69, 9.17) is 5.73 Å². The lowest BCUT2D eigenvalue weighted by Gasteiger charge is -2.07. The summed E-state index contributed by atoms with van der Waals surface area (Å²) >= 11 is 0.643. The van der Waals surface area contributed by atoms with Gasteiger partial charge in [0.05, 0.1) is 0 Å². The first-order valence-corrected chi connectivity index (χ1v) is 6.82. The Morgan fingerprint density at radius 2 is 1.95 bits per heavy atom. The van der Waals surface area contributed by atoms with E-state index in [1.54, 1.807) is 6.07 Å². The van der Waals surface area contributed by atoms with Gasteiger partial charge in [-0.05, 0) is 29.6 Å². The zero-order valence-electron chi connectivity index (χ0n) is 10.5. The molecule has 0 saturated heterocycles. The van der Waals surface area contributed by atoms with E-state index in [0.717, 1.165) is 0 Å². The molecule has 2 heterocycles. The Labute approximate surface area is 121 Å². The Morgan fingerprint density at radius 1 is 1.19 bits per heavy atom. The van der Waals surface area contributed by atoms with Crippen LogP contribution in [0.15, 0.2) is 35.8 Å². The first kappa shape index (κ1) is 13.7. The molecule has 0 saturated carbocycles. The van der Waals surface area contributed by atoms with Gasteiger partial charge >= 0.3 is 6.18 Å². The van der Waals surface area contributed by atoms with Gasteiger partial charge in [-0.15, -0.1) is 11.3 Å². The number of aromatic amines is 1. The lowest BCUT2D eigenvalue weighted by molar-refractivity contribution is -0.133. The third-order valence-electron chi connectivity index (χ3n) is 3.18. The van der Waals surface area contributed by atoms with E-state index in [1.807, 2.05) is 0 Å². The quantitative estimate of drug-likeness (QED) is 0.738. The number of hydrogen-bond acceptors (Lipinski definition) is 2. The van der Waals surface area contributed by atoms with Gasteiger partial charge < -0.3 is 10.7 Å². The average Bonchev–Trinajstić information content (AvgIpc) is 3.02. The van der Waals surface area contributed by atoms with E-state index >= 15 is 0 Å². The van der Waals surface area contributed by atoms with Gasteiger partial charge in [0.25, 0.3) is 0 Å². The Kier molecular flexibility index (Phi) is 3.02. The summed E-state index contributed by atoms with van der Waals surface area (Å²) in [7, 11) is 0. The topological polar surface area (TPSA) is 58.9 Å². The fourth-order valence-corrected chi connectivity index (χ4v) is 3.02. The summed E-state index contributed by atoms with van der Waals surface area (Å²) in [4.78, 5) is 13.5. The minimum Gasteiger partial charge on any atom is -0.366 e. The van der Waals surface area contributed by atoms with Crippen molar-refractivity contribution in [1.29, 1.82) is 0 Å². The number of benzene rings is 1. The van der Waals surface area contributed by atoms with E-state index in [9.17, 15) is 18.0 Å². The van der Waals surface area contributed by atoms with Crippen molar-refractivity contribution in [2.24, 2.45) is 5.73 Å². The number of H-pyrrole nitrogens is 1. The zero-order chi connectivity index (χ0) is 15.2. The summed E-state index contributed by atoms with van der Waals surface area (Å²) in [6.45, 7) is 0. The predicted octanol–water partition coefficient (Wildman–Crippen LogP) is 4.01. The highest BCUT2D eigenvalue weighted by atomic mass is 32.1. The number of carbonyl (C=O) groups excluding carboxylic acids is 1. The molecule has 1 amide bonds. The minimum absolute atomic E-state index is 0.0976. The number of carbonyl (C=O) groups is 1. The third kappa shape index (κ3) is 2.29. The highest BCUT2D eigenvalue weighted by molar-refractivity contribution is 7.10. The van der Waals surface area contributed by atoms with Crippen LogP contribution in [0, 0.1) is 0 Å². The van der Waals surface area contributed by atoms with Gasteiger partial charge in [0.15, 0.2) is 0 Å². The van der Waals surface area contributed by atoms with Crippen LogP contribution in [0.2, 0.25) is 0 Å². The second-order valence-electron chi connectivity index (χ2n) is 4.49. The number of nitrogens with one attached hydrogen (secondary N) is 1. The van der Waals surface area contributed by atoms with Crippen molar-refractivity contribution >= 4 is 28.1 Å².